The van der Waals surface area contributed by atoms with Gasteiger partial charge in [0.05, 0.1) is 26.2 Å². The first-order valence-corrected chi connectivity index (χ1v) is 7.30. The van der Waals surface area contributed by atoms with Crippen LogP contribution in [0.5, 0.6) is 0 Å². The largest absolute Gasteiger partial charge is 0.469 e. The minimum atomic E-state index is -1.41. The molecule has 0 spiro atoms. The molecule has 120 valence electrons. The maximum Gasteiger partial charge on any atom is 0.312 e. The number of carbonyl (C=O) groups is 2. The number of esters is 1. The van der Waals surface area contributed by atoms with Crippen LogP contribution in [0.25, 0.3) is 0 Å². The molecule has 2 atom stereocenters. The Balaban J connectivity index is 2.10. The number of morpholine rings is 1. The van der Waals surface area contributed by atoms with Gasteiger partial charge < -0.3 is 19.5 Å². The number of hydrogen-bond donors (Lipinski definition) is 1. The second-order valence-corrected chi connectivity index (χ2v) is 5.20. The molecule has 1 N–H and O–H groups in total. The van der Waals surface area contributed by atoms with Gasteiger partial charge in [0, 0.05) is 13.1 Å². The molecule has 2 rings (SSSR count). The number of aliphatic hydroxyl groups excluding tert-OH is 1. The highest BCUT2D eigenvalue weighted by atomic mass is 16.5. The molecule has 6 heteroatoms. The van der Waals surface area contributed by atoms with Crippen molar-refractivity contribution in [1.82, 2.24) is 4.90 Å². The lowest BCUT2D eigenvalue weighted by Crippen LogP contribution is -2.49. The second-order valence-electron chi connectivity index (χ2n) is 5.20. The van der Waals surface area contributed by atoms with Gasteiger partial charge >= 0.3 is 5.97 Å². The molecule has 1 amide bonds. The average molecular weight is 307 g/mol. The van der Waals surface area contributed by atoms with Crippen molar-refractivity contribution >= 4 is 11.9 Å². The minimum absolute atomic E-state index is 0.255. The summed E-state index contributed by atoms with van der Waals surface area (Å²) in [7, 11) is 1.26. The van der Waals surface area contributed by atoms with Crippen molar-refractivity contribution in [3.63, 3.8) is 0 Å². The van der Waals surface area contributed by atoms with Crippen LogP contribution in [-0.4, -0.2) is 61.4 Å². The number of ether oxygens (including phenoxy) is 2. The number of benzene rings is 1. The molecule has 1 saturated heterocycles. The number of aliphatic hydroxyl groups is 1. The molecule has 0 saturated carbocycles. The Morgan fingerprint density at radius 2 is 1.91 bits per heavy atom. The van der Waals surface area contributed by atoms with Crippen molar-refractivity contribution in [3.8, 4) is 0 Å². The third-order valence-corrected chi connectivity index (χ3v) is 3.76. The maximum atomic E-state index is 12.4. The van der Waals surface area contributed by atoms with Crippen LogP contribution in [0.2, 0.25) is 0 Å². The standard InChI is InChI=1S/C16H21NO5/c1-21-16(20)13(11-12-5-3-2-4-6-12)14(18)15(19)17-7-9-22-10-8-17/h2-6,13-14,18H,7-11H2,1H3/t13-,14+/m1/s1. The Kier molecular flexibility index (Phi) is 5.91. The topological polar surface area (TPSA) is 76.1 Å². The Morgan fingerprint density at radius 3 is 2.50 bits per heavy atom. The molecular weight excluding hydrogens is 286 g/mol. The molecule has 1 aliphatic rings. The van der Waals surface area contributed by atoms with E-state index in [9.17, 15) is 14.7 Å². The SMILES string of the molecule is COC(=O)[C@H](Cc1ccccc1)[C@H](O)C(=O)N1CCOCC1. The van der Waals surface area contributed by atoms with Gasteiger partial charge in [-0.25, -0.2) is 0 Å². The fourth-order valence-electron chi connectivity index (χ4n) is 2.49. The van der Waals surface area contributed by atoms with Crippen LogP contribution in [0.1, 0.15) is 5.56 Å². The number of nitrogens with zero attached hydrogens (tertiary/aromatic N) is 1. The zero-order chi connectivity index (χ0) is 15.9. The molecule has 1 aromatic carbocycles. The molecule has 1 aromatic rings. The summed E-state index contributed by atoms with van der Waals surface area (Å²) in [4.78, 5) is 25.9. The predicted molar refractivity (Wildman–Crippen MR) is 79.1 cm³/mol. The first-order chi connectivity index (χ1) is 10.6. The molecule has 1 aliphatic heterocycles. The summed E-state index contributed by atoms with van der Waals surface area (Å²) in [5.74, 6) is -1.95. The van der Waals surface area contributed by atoms with Gasteiger partial charge in [0.25, 0.3) is 5.91 Å². The summed E-state index contributed by atoms with van der Waals surface area (Å²) >= 11 is 0. The van der Waals surface area contributed by atoms with Crippen molar-refractivity contribution in [2.24, 2.45) is 5.92 Å². The lowest BCUT2D eigenvalue weighted by Gasteiger charge is -2.30. The van der Waals surface area contributed by atoms with E-state index in [0.29, 0.717) is 26.3 Å². The van der Waals surface area contributed by atoms with Gasteiger partial charge in [-0.1, -0.05) is 30.3 Å². The fourth-order valence-corrected chi connectivity index (χ4v) is 2.49. The van der Waals surface area contributed by atoms with E-state index in [1.807, 2.05) is 30.3 Å². The Labute approximate surface area is 129 Å². The van der Waals surface area contributed by atoms with E-state index in [1.54, 1.807) is 0 Å². The fraction of sp³-hybridized carbons (Fsp3) is 0.500. The van der Waals surface area contributed by atoms with Crippen LogP contribution in [0.4, 0.5) is 0 Å². The highest BCUT2D eigenvalue weighted by Gasteiger charge is 2.36. The summed E-state index contributed by atoms with van der Waals surface area (Å²) in [6.45, 7) is 1.74. The quantitative estimate of drug-likeness (QED) is 0.789. The first-order valence-electron chi connectivity index (χ1n) is 7.30. The van der Waals surface area contributed by atoms with Crippen molar-refractivity contribution in [2.45, 2.75) is 12.5 Å². The predicted octanol–water partition coefficient (Wildman–Crippen LogP) is 0.238. The van der Waals surface area contributed by atoms with Gasteiger partial charge in [-0.3, -0.25) is 9.59 Å². The Morgan fingerprint density at radius 1 is 1.27 bits per heavy atom. The summed E-state index contributed by atoms with van der Waals surface area (Å²) in [5, 5.41) is 10.4. The zero-order valence-corrected chi connectivity index (χ0v) is 12.6. The van der Waals surface area contributed by atoms with Gasteiger partial charge in [0.15, 0.2) is 0 Å². The lowest BCUT2D eigenvalue weighted by molar-refractivity contribution is -0.159. The third-order valence-electron chi connectivity index (χ3n) is 3.76. The molecule has 6 nitrogen and oxygen atoms in total. The molecule has 0 unspecified atom stereocenters. The maximum absolute atomic E-state index is 12.4. The van der Waals surface area contributed by atoms with E-state index in [0.717, 1.165) is 5.56 Å². The summed E-state index contributed by atoms with van der Waals surface area (Å²) in [5.41, 5.74) is 0.867. The summed E-state index contributed by atoms with van der Waals surface area (Å²) in [6, 6.07) is 9.26. The van der Waals surface area contributed by atoms with Crippen molar-refractivity contribution < 1.29 is 24.2 Å². The number of amides is 1. The van der Waals surface area contributed by atoms with Crippen LogP contribution in [0.15, 0.2) is 30.3 Å². The zero-order valence-electron chi connectivity index (χ0n) is 12.6. The minimum Gasteiger partial charge on any atom is -0.469 e. The normalized spacial score (nSPS) is 17.6. The number of carbonyl (C=O) groups excluding carboxylic acids is 2. The van der Waals surface area contributed by atoms with Gasteiger partial charge in [-0.05, 0) is 12.0 Å². The van der Waals surface area contributed by atoms with Crippen molar-refractivity contribution in [2.75, 3.05) is 33.4 Å². The summed E-state index contributed by atoms with van der Waals surface area (Å²) < 4.78 is 9.94. The van der Waals surface area contributed by atoms with Crippen LogP contribution in [0, 0.1) is 5.92 Å². The smallest absolute Gasteiger partial charge is 0.312 e. The van der Waals surface area contributed by atoms with E-state index in [-0.39, 0.29) is 6.42 Å². The van der Waals surface area contributed by atoms with Crippen LogP contribution in [0.3, 0.4) is 0 Å². The first kappa shape index (κ1) is 16.5. The number of hydrogen-bond acceptors (Lipinski definition) is 5. The molecule has 0 aliphatic carbocycles. The van der Waals surface area contributed by atoms with E-state index in [2.05, 4.69) is 0 Å². The number of rotatable bonds is 5. The van der Waals surface area contributed by atoms with Gasteiger partial charge in [0.2, 0.25) is 0 Å². The molecule has 1 heterocycles. The van der Waals surface area contributed by atoms with E-state index >= 15 is 0 Å². The van der Waals surface area contributed by atoms with E-state index in [1.165, 1.54) is 12.0 Å². The lowest BCUT2D eigenvalue weighted by atomic mass is 9.93. The van der Waals surface area contributed by atoms with E-state index < -0.39 is 23.9 Å². The Hall–Kier alpha value is -1.92. The van der Waals surface area contributed by atoms with Crippen molar-refractivity contribution in [1.29, 1.82) is 0 Å². The monoisotopic (exact) mass is 307 g/mol. The highest BCUT2D eigenvalue weighted by Crippen LogP contribution is 2.17. The number of methoxy groups -OCH3 is 1. The molecule has 1 fully saturated rings. The van der Waals surface area contributed by atoms with Crippen LogP contribution < -0.4 is 0 Å². The van der Waals surface area contributed by atoms with Gasteiger partial charge in [0.1, 0.15) is 6.10 Å². The summed E-state index contributed by atoms with van der Waals surface area (Å²) in [6.07, 6.45) is -1.16. The van der Waals surface area contributed by atoms with Gasteiger partial charge in [-0.15, -0.1) is 0 Å². The molecule has 0 radical (unpaired) electrons. The van der Waals surface area contributed by atoms with Crippen LogP contribution in [-0.2, 0) is 25.5 Å². The molecular formula is C16H21NO5. The highest BCUT2D eigenvalue weighted by molar-refractivity contribution is 5.87. The van der Waals surface area contributed by atoms with Crippen molar-refractivity contribution in [3.05, 3.63) is 35.9 Å². The second kappa shape index (κ2) is 7.91. The third kappa shape index (κ3) is 4.05. The molecule has 0 bridgehead atoms. The van der Waals surface area contributed by atoms with Crippen LogP contribution >= 0.6 is 0 Å². The Bertz CT molecular complexity index is 499. The molecule has 0 aromatic heterocycles. The average Bonchev–Trinajstić information content (AvgIpc) is 2.59. The van der Waals surface area contributed by atoms with Gasteiger partial charge in [-0.2, -0.15) is 0 Å². The van der Waals surface area contributed by atoms with E-state index in [4.69, 9.17) is 9.47 Å². The molecule has 22 heavy (non-hydrogen) atoms.